The lowest BCUT2D eigenvalue weighted by Gasteiger charge is -2.23. The molecule has 0 unspecified atom stereocenters. The molecule has 124 valence electrons. The summed E-state index contributed by atoms with van der Waals surface area (Å²) in [7, 11) is 1.69. The highest BCUT2D eigenvalue weighted by Crippen LogP contribution is 2.25. The molecule has 0 amide bonds. The van der Waals surface area contributed by atoms with Gasteiger partial charge in [0, 0.05) is 49.5 Å². The molecule has 1 aliphatic rings. The maximum Gasteiger partial charge on any atom is 0.207 e. The van der Waals surface area contributed by atoms with Gasteiger partial charge >= 0.3 is 0 Å². The zero-order chi connectivity index (χ0) is 15.9. The number of nitrogens with zero attached hydrogens (tertiary/aromatic N) is 3. The summed E-state index contributed by atoms with van der Waals surface area (Å²) in [5.41, 5.74) is 2.36. The fraction of sp³-hybridized carbons (Fsp3) is 0.529. The first kappa shape index (κ1) is 16.2. The second kappa shape index (κ2) is 8.26. The van der Waals surface area contributed by atoms with Crippen molar-refractivity contribution in [2.45, 2.75) is 32.1 Å². The maximum absolute atomic E-state index is 5.07. The normalized spacial score (nSPS) is 15.4. The van der Waals surface area contributed by atoms with Crippen LogP contribution in [0.25, 0.3) is 0 Å². The molecule has 0 radical (unpaired) electrons. The summed E-state index contributed by atoms with van der Waals surface area (Å²) in [6, 6.07) is 8.59. The third kappa shape index (κ3) is 4.65. The van der Waals surface area contributed by atoms with Gasteiger partial charge in [0.1, 0.15) is 5.82 Å². The van der Waals surface area contributed by atoms with Gasteiger partial charge in [-0.05, 0) is 31.0 Å². The van der Waals surface area contributed by atoms with Crippen molar-refractivity contribution in [1.82, 2.24) is 9.36 Å². The van der Waals surface area contributed by atoms with Crippen LogP contribution in [0.1, 0.15) is 31.5 Å². The minimum atomic E-state index is 0.653. The number of anilines is 3. The summed E-state index contributed by atoms with van der Waals surface area (Å²) in [5.74, 6) is 0.836. The summed E-state index contributed by atoms with van der Waals surface area (Å²) in [5, 5.41) is 4.21. The van der Waals surface area contributed by atoms with Gasteiger partial charge in [-0.1, -0.05) is 18.9 Å². The van der Waals surface area contributed by atoms with Gasteiger partial charge in [-0.2, -0.15) is 4.37 Å². The molecule has 0 atom stereocenters. The van der Waals surface area contributed by atoms with Gasteiger partial charge in [0.05, 0.1) is 6.61 Å². The number of rotatable bonds is 6. The largest absolute Gasteiger partial charge is 0.384 e. The highest BCUT2D eigenvalue weighted by molar-refractivity contribution is 7.09. The predicted molar refractivity (Wildman–Crippen MR) is 95.9 cm³/mol. The molecule has 0 aliphatic carbocycles. The number of hydrogen-bond acceptors (Lipinski definition) is 6. The van der Waals surface area contributed by atoms with Crippen molar-refractivity contribution in [3.05, 3.63) is 30.1 Å². The minimum absolute atomic E-state index is 0.653. The molecule has 5 nitrogen and oxygen atoms in total. The van der Waals surface area contributed by atoms with E-state index >= 15 is 0 Å². The molecule has 1 aromatic carbocycles. The van der Waals surface area contributed by atoms with Crippen molar-refractivity contribution in [2.24, 2.45) is 0 Å². The Morgan fingerprint density at radius 1 is 1.22 bits per heavy atom. The Bertz CT molecular complexity index is 608. The molecule has 23 heavy (non-hydrogen) atoms. The first-order valence-electron chi connectivity index (χ1n) is 8.29. The molecule has 0 saturated carbocycles. The van der Waals surface area contributed by atoms with Gasteiger partial charge in [-0.25, -0.2) is 4.98 Å². The summed E-state index contributed by atoms with van der Waals surface area (Å²) in [6.07, 6.45) is 6.03. The van der Waals surface area contributed by atoms with Gasteiger partial charge in [-0.3, -0.25) is 0 Å². The first-order chi connectivity index (χ1) is 11.3. The molecular formula is C17H24N4OS. The molecule has 3 rings (SSSR count). The molecule has 1 aliphatic heterocycles. The van der Waals surface area contributed by atoms with E-state index in [1.54, 1.807) is 7.11 Å². The van der Waals surface area contributed by atoms with E-state index in [4.69, 9.17) is 4.74 Å². The van der Waals surface area contributed by atoms with Gasteiger partial charge in [-0.15, -0.1) is 0 Å². The van der Waals surface area contributed by atoms with E-state index in [0.717, 1.165) is 36.2 Å². The maximum atomic E-state index is 5.07. The molecule has 1 aromatic heterocycles. The van der Waals surface area contributed by atoms with Crippen LogP contribution in [0.15, 0.2) is 24.3 Å². The van der Waals surface area contributed by atoms with Gasteiger partial charge in [0.25, 0.3) is 0 Å². The van der Waals surface area contributed by atoms with Gasteiger partial charge < -0.3 is 15.0 Å². The van der Waals surface area contributed by atoms with Gasteiger partial charge in [0.2, 0.25) is 5.13 Å². The van der Waals surface area contributed by atoms with E-state index in [-0.39, 0.29) is 0 Å². The Morgan fingerprint density at radius 2 is 2.04 bits per heavy atom. The van der Waals surface area contributed by atoms with Crippen molar-refractivity contribution >= 4 is 28.0 Å². The average Bonchev–Trinajstić information content (AvgIpc) is 2.84. The molecule has 0 spiro atoms. The summed E-state index contributed by atoms with van der Waals surface area (Å²) in [6.45, 7) is 2.97. The summed E-state index contributed by atoms with van der Waals surface area (Å²) >= 11 is 1.40. The minimum Gasteiger partial charge on any atom is -0.384 e. The number of hydrogen-bond donors (Lipinski definition) is 1. The average molecular weight is 332 g/mol. The third-order valence-electron chi connectivity index (χ3n) is 4.07. The van der Waals surface area contributed by atoms with E-state index in [2.05, 4.69) is 43.8 Å². The van der Waals surface area contributed by atoms with Crippen LogP contribution in [0.3, 0.4) is 0 Å². The molecule has 1 saturated heterocycles. The lowest BCUT2D eigenvalue weighted by molar-refractivity contribution is 0.201. The Hall–Kier alpha value is -1.66. The van der Waals surface area contributed by atoms with Crippen molar-refractivity contribution < 1.29 is 4.74 Å². The Balaban J connectivity index is 1.66. The van der Waals surface area contributed by atoms with Crippen LogP contribution >= 0.6 is 11.5 Å². The Kier molecular flexibility index (Phi) is 5.82. The molecule has 2 aromatic rings. The SMILES string of the molecule is COCCc1nsc(Nc2cccc(N3CCCCCC3)c2)n1. The van der Waals surface area contributed by atoms with E-state index in [9.17, 15) is 0 Å². The van der Waals surface area contributed by atoms with Crippen LogP contribution in [-0.4, -0.2) is 36.2 Å². The number of aromatic nitrogens is 2. The second-order valence-corrected chi connectivity index (χ2v) is 6.59. The lowest BCUT2D eigenvalue weighted by atomic mass is 10.2. The highest BCUT2D eigenvalue weighted by Gasteiger charge is 2.11. The van der Waals surface area contributed by atoms with Crippen LogP contribution in [-0.2, 0) is 11.2 Å². The molecule has 1 fully saturated rings. The van der Waals surface area contributed by atoms with Crippen LogP contribution in [0.4, 0.5) is 16.5 Å². The Morgan fingerprint density at radius 3 is 2.83 bits per heavy atom. The number of benzene rings is 1. The third-order valence-corrected chi connectivity index (χ3v) is 4.73. The zero-order valence-corrected chi connectivity index (χ0v) is 14.4. The highest BCUT2D eigenvalue weighted by atomic mass is 32.1. The first-order valence-corrected chi connectivity index (χ1v) is 9.06. The molecule has 2 heterocycles. The van der Waals surface area contributed by atoms with E-state index in [0.29, 0.717) is 6.61 Å². The quantitative estimate of drug-likeness (QED) is 0.871. The number of ether oxygens (including phenoxy) is 1. The van der Waals surface area contributed by atoms with Crippen LogP contribution in [0.2, 0.25) is 0 Å². The monoisotopic (exact) mass is 332 g/mol. The smallest absolute Gasteiger partial charge is 0.207 e. The van der Waals surface area contributed by atoms with E-state index < -0.39 is 0 Å². The molecule has 1 N–H and O–H groups in total. The van der Waals surface area contributed by atoms with Crippen molar-refractivity contribution in [2.75, 3.05) is 37.0 Å². The summed E-state index contributed by atoms with van der Waals surface area (Å²) in [4.78, 5) is 6.99. The van der Waals surface area contributed by atoms with E-state index in [1.165, 1.54) is 42.9 Å². The molecule has 6 heteroatoms. The fourth-order valence-corrected chi connectivity index (χ4v) is 3.47. The second-order valence-electron chi connectivity index (χ2n) is 5.84. The van der Waals surface area contributed by atoms with Crippen molar-refractivity contribution in [3.63, 3.8) is 0 Å². The number of nitrogens with one attached hydrogen (secondary N) is 1. The van der Waals surface area contributed by atoms with Crippen LogP contribution < -0.4 is 10.2 Å². The van der Waals surface area contributed by atoms with Crippen LogP contribution in [0.5, 0.6) is 0 Å². The van der Waals surface area contributed by atoms with Crippen LogP contribution in [0, 0.1) is 0 Å². The zero-order valence-electron chi connectivity index (χ0n) is 13.6. The topological polar surface area (TPSA) is 50.3 Å². The lowest BCUT2D eigenvalue weighted by Crippen LogP contribution is -2.23. The Labute approximate surface area is 141 Å². The standard InChI is InChI=1S/C17H24N4OS/c1-22-12-9-16-19-17(23-20-16)18-14-7-6-8-15(13-14)21-10-4-2-3-5-11-21/h6-8,13H,2-5,9-12H2,1H3,(H,18,19,20). The molecular weight excluding hydrogens is 308 g/mol. The predicted octanol–water partition coefficient (Wildman–Crippen LogP) is 3.85. The fourth-order valence-electron chi connectivity index (χ4n) is 2.83. The number of methoxy groups -OCH3 is 1. The summed E-state index contributed by atoms with van der Waals surface area (Å²) < 4.78 is 9.42. The van der Waals surface area contributed by atoms with E-state index in [1.807, 2.05) is 0 Å². The van der Waals surface area contributed by atoms with Crippen molar-refractivity contribution in [3.8, 4) is 0 Å². The molecule has 0 bridgehead atoms. The van der Waals surface area contributed by atoms with Gasteiger partial charge in [0.15, 0.2) is 0 Å². The van der Waals surface area contributed by atoms with Crippen molar-refractivity contribution in [1.29, 1.82) is 0 Å².